The van der Waals surface area contributed by atoms with Crippen molar-refractivity contribution in [1.29, 1.82) is 0 Å². The van der Waals surface area contributed by atoms with Crippen molar-refractivity contribution in [3.63, 3.8) is 0 Å². The fraction of sp³-hybridized carbons (Fsp3) is 0.400. The zero-order chi connectivity index (χ0) is 12.0. The molecule has 1 rings (SSSR count). The summed E-state index contributed by atoms with van der Waals surface area (Å²) in [5.41, 5.74) is 5.97. The van der Waals surface area contributed by atoms with Crippen molar-refractivity contribution in [1.82, 2.24) is 0 Å². The lowest BCUT2D eigenvalue weighted by molar-refractivity contribution is 0.229. The average Bonchev–Trinajstić information content (AvgIpc) is 2.70. The van der Waals surface area contributed by atoms with Gasteiger partial charge in [0.05, 0.1) is 31.0 Å². The molecule has 0 saturated carbocycles. The molecule has 0 atom stereocenters. The molecule has 6 heteroatoms. The van der Waals surface area contributed by atoms with Crippen molar-refractivity contribution < 1.29 is 18.0 Å². The molecule has 0 amide bonds. The fourth-order valence-corrected chi connectivity index (χ4v) is 2.56. The molecule has 1 heterocycles. The molecule has 0 aliphatic carbocycles. The lowest BCUT2D eigenvalue weighted by atomic mass is 10.4. The predicted octanol–water partition coefficient (Wildman–Crippen LogP) is 2.80. The van der Waals surface area contributed by atoms with E-state index in [-0.39, 0.29) is 5.70 Å². The topological polar surface area (TPSA) is 74.7 Å². The second kappa shape index (κ2) is 5.89. The molecule has 0 spiro atoms. The monoisotopic (exact) mass is 245 g/mol. The predicted molar refractivity (Wildman–Crippen MR) is 61.7 cm³/mol. The summed E-state index contributed by atoms with van der Waals surface area (Å²) in [6.45, 7) is 4.06. The van der Waals surface area contributed by atoms with Gasteiger partial charge in [-0.15, -0.1) is 0 Å². The van der Waals surface area contributed by atoms with Gasteiger partial charge in [0.25, 0.3) is 0 Å². The van der Waals surface area contributed by atoms with Crippen molar-refractivity contribution in [2.75, 3.05) is 13.2 Å². The minimum Gasteiger partial charge on any atom is -0.463 e. The van der Waals surface area contributed by atoms with Gasteiger partial charge in [0.1, 0.15) is 5.76 Å². The van der Waals surface area contributed by atoms with Crippen LogP contribution in [0, 0.1) is 0 Å². The first-order valence-electron chi connectivity index (χ1n) is 5.02. The standard InChI is InChI=1S/C10H16NO4P/c1-3-14-16(12,15-4-2)8-9(11)10-6-5-7-13-10/h5-8H,3-4,11H2,1-2H3/b9-8+. The second-order valence-corrected chi connectivity index (χ2v) is 4.79. The van der Waals surface area contributed by atoms with Gasteiger partial charge in [-0.1, -0.05) is 0 Å². The molecule has 0 aliphatic heterocycles. The summed E-state index contributed by atoms with van der Waals surface area (Å²) >= 11 is 0. The molecular weight excluding hydrogens is 229 g/mol. The van der Waals surface area contributed by atoms with Crippen LogP contribution >= 0.6 is 7.60 Å². The molecule has 16 heavy (non-hydrogen) atoms. The molecule has 0 fully saturated rings. The summed E-state index contributed by atoms with van der Waals surface area (Å²) in [5, 5.41) is 0. The molecular formula is C10H16NO4P. The molecule has 1 aromatic heterocycles. The maximum atomic E-state index is 12.1. The van der Waals surface area contributed by atoms with E-state index in [4.69, 9.17) is 19.2 Å². The molecule has 90 valence electrons. The van der Waals surface area contributed by atoms with Gasteiger partial charge in [0, 0.05) is 0 Å². The van der Waals surface area contributed by atoms with Crippen LogP contribution in [0.3, 0.4) is 0 Å². The number of hydrogen-bond acceptors (Lipinski definition) is 5. The first-order valence-corrected chi connectivity index (χ1v) is 6.63. The van der Waals surface area contributed by atoms with Gasteiger partial charge in [-0.05, 0) is 26.0 Å². The van der Waals surface area contributed by atoms with Crippen molar-refractivity contribution in [2.24, 2.45) is 5.73 Å². The highest BCUT2D eigenvalue weighted by atomic mass is 31.2. The van der Waals surface area contributed by atoms with Crippen LogP contribution in [0.15, 0.2) is 28.6 Å². The van der Waals surface area contributed by atoms with E-state index in [0.29, 0.717) is 19.0 Å². The number of furan rings is 1. The molecule has 5 nitrogen and oxygen atoms in total. The van der Waals surface area contributed by atoms with Gasteiger partial charge in [-0.25, -0.2) is 0 Å². The van der Waals surface area contributed by atoms with Crippen LogP contribution < -0.4 is 5.73 Å². The van der Waals surface area contributed by atoms with E-state index in [1.807, 2.05) is 0 Å². The SMILES string of the molecule is CCOP(=O)(/C=C(/N)c1ccco1)OCC. The van der Waals surface area contributed by atoms with Gasteiger partial charge < -0.3 is 19.2 Å². The van der Waals surface area contributed by atoms with Crippen LogP contribution in [0.5, 0.6) is 0 Å². The van der Waals surface area contributed by atoms with E-state index >= 15 is 0 Å². The lowest BCUT2D eigenvalue weighted by Gasteiger charge is -2.13. The Labute approximate surface area is 94.8 Å². The Balaban J connectivity index is 2.89. The van der Waals surface area contributed by atoms with Crippen LogP contribution in [0.25, 0.3) is 5.70 Å². The average molecular weight is 245 g/mol. The normalized spacial score (nSPS) is 13.0. The molecule has 1 aromatic rings. The Kier molecular flexibility index (Phi) is 4.80. The summed E-state index contributed by atoms with van der Waals surface area (Å²) in [6, 6.07) is 3.37. The largest absolute Gasteiger partial charge is 0.463 e. The summed E-state index contributed by atoms with van der Waals surface area (Å²) in [5.74, 6) is 1.72. The van der Waals surface area contributed by atoms with Gasteiger partial charge in [0.2, 0.25) is 0 Å². The summed E-state index contributed by atoms with van der Waals surface area (Å²) in [4.78, 5) is 0. The van der Waals surface area contributed by atoms with E-state index in [0.717, 1.165) is 0 Å². The molecule has 0 unspecified atom stereocenters. The summed E-state index contributed by atoms with van der Waals surface area (Å²) < 4.78 is 27.3. The van der Waals surface area contributed by atoms with Crippen LogP contribution in [-0.4, -0.2) is 13.2 Å². The zero-order valence-electron chi connectivity index (χ0n) is 9.38. The van der Waals surface area contributed by atoms with E-state index in [1.165, 1.54) is 12.1 Å². The summed E-state index contributed by atoms with van der Waals surface area (Å²) in [7, 11) is -3.26. The van der Waals surface area contributed by atoms with Gasteiger partial charge in [-0.2, -0.15) is 0 Å². The third kappa shape index (κ3) is 3.52. The molecule has 0 aliphatic rings. The van der Waals surface area contributed by atoms with E-state index in [9.17, 15) is 4.57 Å². The quantitative estimate of drug-likeness (QED) is 0.780. The Morgan fingerprint density at radius 1 is 1.50 bits per heavy atom. The molecule has 0 aromatic carbocycles. The smallest absolute Gasteiger partial charge is 0.356 e. The molecule has 0 saturated heterocycles. The second-order valence-electron chi connectivity index (χ2n) is 2.94. The minimum absolute atomic E-state index is 0.246. The first kappa shape index (κ1) is 13.0. The lowest BCUT2D eigenvalue weighted by Crippen LogP contribution is -1.99. The number of nitrogens with two attached hydrogens (primary N) is 1. The molecule has 2 N–H and O–H groups in total. The van der Waals surface area contributed by atoms with Gasteiger partial charge >= 0.3 is 7.60 Å². The minimum atomic E-state index is -3.26. The fourth-order valence-electron chi connectivity index (χ4n) is 1.15. The van der Waals surface area contributed by atoms with E-state index in [1.54, 1.807) is 26.0 Å². The van der Waals surface area contributed by atoms with Crippen LogP contribution in [0.1, 0.15) is 19.6 Å². The van der Waals surface area contributed by atoms with E-state index in [2.05, 4.69) is 0 Å². The Hall–Kier alpha value is -1.03. The van der Waals surface area contributed by atoms with E-state index < -0.39 is 7.60 Å². The van der Waals surface area contributed by atoms with Crippen LogP contribution in [0.4, 0.5) is 0 Å². The third-order valence-corrected chi connectivity index (χ3v) is 3.55. The van der Waals surface area contributed by atoms with Crippen molar-refractivity contribution in [3.05, 3.63) is 30.0 Å². The van der Waals surface area contributed by atoms with Crippen molar-refractivity contribution in [2.45, 2.75) is 13.8 Å². The highest BCUT2D eigenvalue weighted by molar-refractivity contribution is 7.57. The van der Waals surface area contributed by atoms with Crippen LogP contribution in [0.2, 0.25) is 0 Å². The maximum Gasteiger partial charge on any atom is 0.356 e. The number of rotatable bonds is 6. The Morgan fingerprint density at radius 2 is 2.12 bits per heavy atom. The highest BCUT2D eigenvalue weighted by Crippen LogP contribution is 2.50. The Morgan fingerprint density at radius 3 is 2.56 bits per heavy atom. The zero-order valence-corrected chi connectivity index (χ0v) is 10.3. The van der Waals surface area contributed by atoms with Crippen LogP contribution in [-0.2, 0) is 13.6 Å². The van der Waals surface area contributed by atoms with Crippen molar-refractivity contribution >= 4 is 13.3 Å². The molecule has 0 bridgehead atoms. The third-order valence-electron chi connectivity index (χ3n) is 1.72. The highest BCUT2D eigenvalue weighted by Gasteiger charge is 2.21. The number of hydrogen-bond donors (Lipinski definition) is 1. The Bertz CT molecular complexity index is 376. The maximum absolute atomic E-state index is 12.1. The van der Waals surface area contributed by atoms with Gasteiger partial charge in [0.15, 0.2) is 0 Å². The molecule has 0 radical (unpaired) electrons. The van der Waals surface area contributed by atoms with Gasteiger partial charge in [-0.3, -0.25) is 4.57 Å². The summed E-state index contributed by atoms with van der Waals surface area (Å²) in [6.07, 6.45) is 1.49. The first-order chi connectivity index (χ1) is 7.61. The van der Waals surface area contributed by atoms with Crippen molar-refractivity contribution in [3.8, 4) is 0 Å².